The molecule has 3 N–H and O–H groups in total. The summed E-state index contributed by atoms with van der Waals surface area (Å²) in [5.74, 6) is -0.826. The maximum absolute atomic E-state index is 12.8. The lowest BCUT2D eigenvalue weighted by atomic mass is 10.1. The average Bonchev–Trinajstić information content (AvgIpc) is 3.49. The molecule has 0 aromatic carbocycles. The van der Waals surface area contributed by atoms with Gasteiger partial charge in [-0.1, -0.05) is 18.7 Å². The summed E-state index contributed by atoms with van der Waals surface area (Å²) < 4.78 is 7.09. The number of anilines is 1. The maximum Gasteiger partial charge on any atom is 0.341 e. The summed E-state index contributed by atoms with van der Waals surface area (Å²) in [5, 5.41) is 14.3. The highest BCUT2D eigenvalue weighted by atomic mass is 32.2. The molecule has 0 spiro atoms. The SMILES string of the molecule is CCOC(=O)c1c(NC(=O)CSc2nnc(-c3csc(CC)c3)n2C(C)C)sc(C(N)=O)c1C. The first-order valence-corrected chi connectivity index (χ1v) is 13.4. The summed E-state index contributed by atoms with van der Waals surface area (Å²) >= 11 is 3.90. The number of nitrogens with two attached hydrogens (primary N) is 1. The number of thiophene rings is 2. The lowest BCUT2D eigenvalue weighted by Crippen LogP contribution is -2.17. The quantitative estimate of drug-likeness (QED) is 0.296. The Balaban J connectivity index is 1.79. The van der Waals surface area contributed by atoms with Gasteiger partial charge in [0.05, 0.1) is 22.8 Å². The van der Waals surface area contributed by atoms with Crippen LogP contribution in [0.25, 0.3) is 11.4 Å². The average molecular weight is 522 g/mol. The summed E-state index contributed by atoms with van der Waals surface area (Å²) in [5.41, 5.74) is 6.98. The van der Waals surface area contributed by atoms with Gasteiger partial charge in [0, 0.05) is 21.9 Å². The zero-order chi connectivity index (χ0) is 25.0. The Labute approximate surface area is 210 Å². The third-order valence-corrected chi connectivity index (χ3v) is 8.12. The van der Waals surface area contributed by atoms with Gasteiger partial charge in [0.25, 0.3) is 5.91 Å². The lowest BCUT2D eigenvalue weighted by Gasteiger charge is -2.13. The monoisotopic (exact) mass is 521 g/mol. The minimum Gasteiger partial charge on any atom is -0.462 e. The van der Waals surface area contributed by atoms with Gasteiger partial charge < -0.3 is 15.8 Å². The molecule has 0 aliphatic heterocycles. The van der Waals surface area contributed by atoms with Crippen LogP contribution in [0.5, 0.6) is 0 Å². The molecule has 0 saturated carbocycles. The molecular formula is C22H27N5O4S3. The number of aryl methyl sites for hydroxylation is 1. The fraction of sp³-hybridized carbons (Fsp3) is 0.409. The number of thioether (sulfide) groups is 1. The first-order valence-electron chi connectivity index (χ1n) is 10.7. The molecule has 9 nitrogen and oxygen atoms in total. The molecule has 3 rings (SSSR count). The van der Waals surface area contributed by atoms with Gasteiger partial charge in [-0.15, -0.1) is 32.9 Å². The van der Waals surface area contributed by atoms with Crippen molar-refractivity contribution >= 4 is 57.2 Å². The molecule has 3 aromatic heterocycles. The Morgan fingerprint density at radius 1 is 1.26 bits per heavy atom. The first kappa shape index (κ1) is 25.9. The number of nitrogens with zero attached hydrogens (tertiary/aromatic N) is 3. The van der Waals surface area contributed by atoms with Gasteiger partial charge in [0.15, 0.2) is 11.0 Å². The number of hydrogen-bond donors (Lipinski definition) is 2. The van der Waals surface area contributed by atoms with Gasteiger partial charge in [-0.25, -0.2) is 4.79 Å². The van der Waals surface area contributed by atoms with Gasteiger partial charge in [0.2, 0.25) is 5.91 Å². The van der Waals surface area contributed by atoms with Crippen LogP contribution in [0.4, 0.5) is 5.00 Å². The van der Waals surface area contributed by atoms with E-state index in [0.717, 1.165) is 29.1 Å². The summed E-state index contributed by atoms with van der Waals surface area (Å²) in [7, 11) is 0. The van der Waals surface area contributed by atoms with Crippen LogP contribution in [0, 0.1) is 6.92 Å². The second kappa shape index (κ2) is 11.2. The van der Waals surface area contributed by atoms with E-state index in [0.29, 0.717) is 10.7 Å². The fourth-order valence-electron chi connectivity index (χ4n) is 3.30. The van der Waals surface area contributed by atoms with Crippen LogP contribution in [0.3, 0.4) is 0 Å². The Kier molecular flexibility index (Phi) is 8.50. The zero-order valence-corrected chi connectivity index (χ0v) is 22.1. The summed E-state index contributed by atoms with van der Waals surface area (Å²) in [6, 6.07) is 2.20. The highest BCUT2D eigenvalue weighted by Gasteiger charge is 2.26. The molecular weight excluding hydrogens is 494 g/mol. The normalized spacial score (nSPS) is 11.1. The highest BCUT2D eigenvalue weighted by molar-refractivity contribution is 7.99. The number of aromatic nitrogens is 3. The molecule has 34 heavy (non-hydrogen) atoms. The van der Waals surface area contributed by atoms with Crippen LogP contribution in [0.2, 0.25) is 0 Å². The number of ether oxygens (including phenoxy) is 1. The predicted molar refractivity (Wildman–Crippen MR) is 136 cm³/mol. The van der Waals surface area contributed by atoms with E-state index in [1.165, 1.54) is 16.6 Å². The van der Waals surface area contributed by atoms with Crippen molar-refractivity contribution in [3.8, 4) is 11.4 Å². The number of carbonyl (C=O) groups is 3. The minimum atomic E-state index is -0.667. The third-order valence-electron chi connectivity index (χ3n) is 4.88. The standard InChI is InChI=1S/C22H27N5O4S3/c1-6-14-8-13(9-32-14)19-25-26-22(27(19)11(3)4)33-10-15(28)24-20-16(21(30)31-7-2)12(5)17(34-20)18(23)29/h8-9,11H,6-7,10H2,1-5H3,(H2,23,29)(H,24,28). The van der Waals surface area contributed by atoms with Crippen molar-refractivity contribution in [3.63, 3.8) is 0 Å². The maximum atomic E-state index is 12.8. The summed E-state index contributed by atoms with van der Waals surface area (Å²) in [6.07, 6.45) is 0.954. The molecule has 0 fully saturated rings. The molecule has 0 unspecified atom stereocenters. The molecule has 2 amide bonds. The van der Waals surface area contributed by atoms with Crippen molar-refractivity contribution < 1.29 is 19.1 Å². The molecule has 0 saturated heterocycles. The van der Waals surface area contributed by atoms with Gasteiger partial charge >= 0.3 is 5.97 Å². The number of hydrogen-bond acceptors (Lipinski definition) is 9. The number of amides is 2. The zero-order valence-electron chi connectivity index (χ0n) is 19.6. The minimum absolute atomic E-state index is 0.0415. The van der Waals surface area contributed by atoms with Crippen LogP contribution < -0.4 is 11.1 Å². The van der Waals surface area contributed by atoms with E-state index < -0.39 is 11.9 Å². The lowest BCUT2D eigenvalue weighted by molar-refractivity contribution is -0.113. The van der Waals surface area contributed by atoms with E-state index in [1.807, 2.05) is 18.4 Å². The van der Waals surface area contributed by atoms with E-state index in [4.69, 9.17) is 10.5 Å². The Bertz CT molecular complexity index is 1210. The van der Waals surface area contributed by atoms with Crippen molar-refractivity contribution in [3.05, 3.63) is 32.3 Å². The number of primary amides is 1. The van der Waals surface area contributed by atoms with Gasteiger partial charge in [-0.3, -0.25) is 14.2 Å². The highest BCUT2D eigenvalue weighted by Crippen LogP contribution is 2.34. The van der Waals surface area contributed by atoms with Gasteiger partial charge in [-0.05, 0) is 45.7 Å². The molecule has 3 heterocycles. The number of esters is 1. The topological polar surface area (TPSA) is 129 Å². The third kappa shape index (κ3) is 5.50. The first-order chi connectivity index (χ1) is 16.2. The van der Waals surface area contributed by atoms with E-state index >= 15 is 0 Å². The molecule has 0 atom stereocenters. The predicted octanol–water partition coefficient (Wildman–Crippen LogP) is 4.53. The van der Waals surface area contributed by atoms with Crippen LogP contribution in [0.15, 0.2) is 16.6 Å². The largest absolute Gasteiger partial charge is 0.462 e. The van der Waals surface area contributed by atoms with Crippen molar-refractivity contribution in [1.29, 1.82) is 0 Å². The van der Waals surface area contributed by atoms with E-state index in [-0.39, 0.29) is 39.8 Å². The molecule has 0 aliphatic rings. The van der Waals surface area contributed by atoms with Crippen molar-refractivity contribution in [2.75, 3.05) is 17.7 Å². The molecule has 0 bridgehead atoms. The van der Waals surface area contributed by atoms with Crippen LogP contribution in [0.1, 0.15) is 64.2 Å². The number of carbonyl (C=O) groups excluding carboxylic acids is 3. The molecule has 0 radical (unpaired) electrons. The van der Waals surface area contributed by atoms with Crippen LogP contribution in [-0.2, 0) is 16.0 Å². The van der Waals surface area contributed by atoms with Crippen molar-refractivity contribution in [2.24, 2.45) is 5.73 Å². The van der Waals surface area contributed by atoms with Crippen LogP contribution in [-0.4, -0.2) is 44.9 Å². The molecule has 12 heteroatoms. The molecule has 0 aliphatic carbocycles. The summed E-state index contributed by atoms with van der Waals surface area (Å²) in [4.78, 5) is 38.4. The van der Waals surface area contributed by atoms with E-state index in [1.54, 1.807) is 25.2 Å². The van der Waals surface area contributed by atoms with Gasteiger partial charge in [-0.2, -0.15) is 0 Å². The molecule has 182 valence electrons. The Morgan fingerprint density at radius 3 is 2.59 bits per heavy atom. The summed E-state index contributed by atoms with van der Waals surface area (Å²) in [6.45, 7) is 9.64. The van der Waals surface area contributed by atoms with Crippen molar-refractivity contribution in [1.82, 2.24) is 14.8 Å². The smallest absolute Gasteiger partial charge is 0.341 e. The Morgan fingerprint density at radius 2 is 2.00 bits per heavy atom. The molecule has 3 aromatic rings. The number of nitrogens with one attached hydrogen (secondary N) is 1. The van der Waals surface area contributed by atoms with Crippen LogP contribution >= 0.6 is 34.4 Å². The van der Waals surface area contributed by atoms with Gasteiger partial charge in [0.1, 0.15) is 5.00 Å². The van der Waals surface area contributed by atoms with E-state index in [9.17, 15) is 14.4 Å². The second-order valence-corrected chi connectivity index (χ2v) is 10.6. The second-order valence-electron chi connectivity index (χ2n) is 7.61. The number of rotatable bonds is 10. The fourth-order valence-corrected chi connectivity index (χ4v) is 6.04. The van der Waals surface area contributed by atoms with E-state index in [2.05, 4.69) is 33.9 Å². The Hall–Kier alpha value is -2.70. The van der Waals surface area contributed by atoms with Crippen molar-refractivity contribution in [2.45, 2.75) is 52.2 Å².